The molecule has 6 nitrogen and oxygen atoms in total. The second-order valence-corrected chi connectivity index (χ2v) is 6.12. The fourth-order valence-electron chi connectivity index (χ4n) is 2.87. The number of aliphatic imine (C=N–C) groups is 1. The molecule has 26 heavy (non-hydrogen) atoms. The van der Waals surface area contributed by atoms with Crippen molar-refractivity contribution in [3.05, 3.63) is 35.4 Å². The Morgan fingerprint density at radius 3 is 2.73 bits per heavy atom. The summed E-state index contributed by atoms with van der Waals surface area (Å²) in [4.78, 5) is 17.6. The van der Waals surface area contributed by atoms with Crippen LogP contribution in [0, 0.1) is 11.6 Å². The summed E-state index contributed by atoms with van der Waals surface area (Å²) in [5.74, 6) is -0.233. The number of amides is 1. The fourth-order valence-corrected chi connectivity index (χ4v) is 2.87. The average molecular weight is 368 g/mol. The van der Waals surface area contributed by atoms with E-state index in [-0.39, 0.29) is 12.1 Å². The molecule has 1 saturated heterocycles. The maximum absolute atomic E-state index is 13.7. The van der Waals surface area contributed by atoms with Crippen LogP contribution in [0.5, 0.6) is 0 Å². The van der Waals surface area contributed by atoms with E-state index in [0.717, 1.165) is 25.0 Å². The number of guanidine groups is 1. The van der Waals surface area contributed by atoms with Gasteiger partial charge in [-0.1, -0.05) is 0 Å². The van der Waals surface area contributed by atoms with Crippen molar-refractivity contribution >= 4 is 12.1 Å². The minimum Gasteiger partial charge on any atom is -0.453 e. The molecular formula is C18H26F2N4O2. The number of halogens is 2. The van der Waals surface area contributed by atoms with Crippen LogP contribution < -0.4 is 10.6 Å². The first kappa shape index (κ1) is 19.9. The largest absolute Gasteiger partial charge is 0.453 e. The van der Waals surface area contributed by atoms with Gasteiger partial charge >= 0.3 is 6.09 Å². The molecule has 0 aromatic heterocycles. The monoisotopic (exact) mass is 368 g/mol. The summed E-state index contributed by atoms with van der Waals surface area (Å²) in [7, 11) is 1.38. The summed E-state index contributed by atoms with van der Waals surface area (Å²) < 4.78 is 31.6. The van der Waals surface area contributed by atoms with Gasteiger partial charge in [0.05, 0.1) is 7.11 Å². The lowest BCUT2D eigenvalue weighted by Crippen LogP contribution is -2.49. The standard InChI is InChI=1S/C18H26F2N4O2/c1-3-21-17(22-9-6-13-12-14(19)4-5-16(13)20)23-15-7-10-24(11-8-15)18(25)26-2/h4-5,12,15H,3,6-11H2,1-2H3,(H2,21,22,23). The molecule has 2 rings (SSSR count). The van der Waals surface area contributed by atoms with E-state index < -0.39 is 11.6 Å². The van der Waals surface area contributed by atoms with Crippen LogP contribution in [0.25, 0.3) is 0 Å². The number of benzene rings is 1. The number of methoxy groups -OCH3 is 1. The molecule has 2 N–H and O–H groups in total. The minimum atomic E-state index is -0.451. The van der Waals surface area contributed by atoms with E-state index in [0.29, 0.717) is 44.1 Å². The van der Waals surface area contributed by atoms with E-state index in [2.05, 4.69) is 15.6 Å². The van der Waals surface area contributed by atoms with E-state index in [1.54, 1.807) is 4.90 Å². The molecule has 1 aliphatic rings. The molecule has 0 aliphatic carbocycles. The zero-order valence-corrected chi connectivity index (χ0v) is 15.2. The van der Waals surface area contributed by atoms with Gasteiger partial charge in [0.15, 0.2) is 5.96 Å². The van der Waals surface area contributed by atoms with Crippen LogP contribution in [0.3, 0.4) is 0 Å². The van der Waals surface area contributed by atoms with Gasteiger partial charge in [-0.05, 0) is 49.9 Å². The first-order valence-corrected chi connectivity index (χ1v) is 8.85. The molecule has 1 aliphatic heterocycles. The highest BCUT2D eigenvalue weighted by molar-refractivity contribution is 5.80. The van der Waals surface area contributed by atoms with E-state index in [1.165, 1.54) is 13.2 Å². The van der Waals surface area contributed by atoms with Crippen LogP contribution in [0.1, 0.15) is 25.3 Å². The van der Waals surface area contributed by atoms with Crippen molar-refractivity contribution in [1.82, 2.24) is 15.5 Å². The van der Waals surface area contributed by atoms with Crippen LogP contribution in [-0.4, -0.2) is 56.3 Å². The quantitative estimate of drug-likeness (QED) is 0.618. The van der Waals surface area contributed by atoms with E-state index in [9.17, 15) is 13.6 Å². The number of likely N-dealkylation sites (tertiary alicyclic amines) is 1. The molecule has 1 fully saturated rings. The van der Waals surface area contributed by atoms with Gasteiger partial charge in [0.1, 0.15) is 11.6 Å². The number of nitrogens with zero attached hydrogens (tertiary/aromatic N) is 2. The molecule has 8 heteroatoms. The van der Waals surface area contributed by atoms with Crippen LogP contribution in [0.15, 0.2) is 23.2 Å². The Bertz CT molecular complexity index is 632. The third-order valence-electron chi connectivity index (χ3n) is 4.27. The lowest BCUT2D eigenvalue weighted by molar-refractivity contribution is 0.111. The van der Waals surface area contributed by atoms with Crippen molar-refractivity contribution in [3.8, 4) is 0 Å². The Hall–Kier alpha value is -2.38. The number of rotatable bonds is 5. The van der Waals surface area contributed by atoms with Gasteiger partial charge in [0.2, 0.25) is 0 Å². The molecule has 1 aromatic carbocycles. The zero-order chi connectivity index (χ0) is 18.9. The van der Waals surface area contributed by atoms with Crippen LogP contribution >= 0.6 is 0 Å². The fraction of sp³-hybridized carbons (Fsp3) is 0.556. The second kappa shape index (κ2) is 9.94. The van der Waals surface area contributed by atoms with Crippen molar-refractivity contribution in [2.24, 2.45) is 4.99 Å². The lowest BCUT2D eigenvalue weighted by Gasteiger charge is -2.32. The summed E-state index contributed by atoms with van der Waals surface area (Å²) in [5, 5.41) is 6.49. The van der Waals surface area contributed by atoms with Crippen LogP contribution in [0.2, 0.25) is 0 Å². The number of hydrogen-bond donors (Lipinski definition) is 2. The summed E-state index contributed by atoms with van der Waals surface area (Å²) in [6.07, 6.45) is 1.60. The third kappa shape index (κ3) is 5.86. The van der Waals surface area contributed by atoms with Crippen molar-refractivity contribution in [3.63, 3.8) is 0 Å². The van der Waals surface area contributed by atoms with Gasteiger partial charge in [-0.15, -0.1) is 0 Å². The average Bonchev–Trinajstić information content (AvgIpc) is 2.64. The first-order chi connectivity index (χ1) is 12.5. The van der Waals surface area contributed by atoms with Gasteiger partial charge in [0.25, 0.3) is 0 Å². The maximum Gasteiger partial charge on any atom is 0.409 e. The molecule has 1 amide bonds. The van der Waals surface area contributed by atoms with Crippen molar-refractivity contribution < 1.29 is 18.3 Å². The summed E-state index contributed by atoms with van der Waals surface area (Å²) in [5.41, 5.74) is 0.316. The number of ether oxygens (including phenoxy) is 1. The van der Waals surface area contributed by atoms with Gasteiger partial charge in [-0.25, -0.2) is 13.6 Å². The normalized spacial score (nSPS) is 15.7. The summed E-state index contributed by atoms with van der Waals surface area (Å²) in [6, 6.07) is 3.63. The van der Waals surface area contributed by atoms with E-state index >= 15 is 0 Å². The predicted octanol–water partition coefficient (Wildman–Crippen LogP) is 2.29. The zero-order valence-electron chi connectivity index (χ0n) is 15.2. The molecule has 0 saturated carbocycles. The predicted molar refractivity (Wildman–Crippen MR) is 96.2 cm³/mol. The van der Waals surface area contributed by atoms with Crippen LogP contribution in [0.4, 0.5) is 13.6 Å². The van der Waals surface area contributed by atoms with Crippen molar-refractivity contribution in [2.75, 3.05) is 33.3 Å². The highest BCUT2D eigenvalue weighted by Gasteiger charge is 2.23. The third-order valence-corrected chi connectivity index (χ3v) is 4.27. The molecule has 0 radical (unpaired) electrons. The highest BCUT2D eigenvalue weighted by Crippen LogP contribution is 2.12. The van der Waals surface area contributed by atoms with Crippen LogP contribution in [-0.2, 0) is 11.2 Å². The van der Waals surface area contributed by atoms with Gasteiger partial charge in [-0.3, -0.25) is 4.99 Å². The van der Waals surface area contributed by atoms with Gasteiger partial charge in [0, 0.05) is 32.2 Å². The SMILES string of the molecule is CCNC(=NCCc1cc(F)ccc1F)NC1CCN(C(=O)OC)CC1. The van der Waals surface area contributed by atoms with E-state index in [1.807, 2.05) is 6.92 Å². The first-order valence-electron chi connectivity index (χ1n) is 8.85. The molecule has 144 valence electrons. The summed E-state index contributed by atoms with van der Waals surface area (Å²) in [6.45, 7) is 4.25. The van der Waals surface area contributed by atoms with E-state index in [4.69, 9.17) is 4.74 Å². The molecule has 0 atom stereocenters. The van der Waals surface area contributed by atoms with Gasteiger partial charge < -0.3 is 20.3 Å². The summed E-state index contributed by atoms with van der Waals surface area (Å²) >= 11 is 0. The topological polar surface area (TPSA) is 66.0 Å². The molecular weight excluding hydrogens is 342 g/mol. The number of nitrogens with one attached hydrogen (secondary N) is 2. The molecule has 0 bridgehead atoms. The molecule has 1 heterocycles. The number of carbonyl (C=O) groups excluding carboxylic acids is 1. The Morgan fingerprint density at radius 1 is 1.35 bits per heavy atom. The smallest absolute Gasteiger partial charge is 0.409 e. The lowest BCUT2D eigenvalue weighted by atomic mass is 10.1. The van der Waals surface area contributed by atoms with Crippen molar-refractivity contribution in [2.45, 2.75) is 32.2 Å². The Kier molecular flexibility index (Phi) is 7.62. The highest BCUT2D eigenvalue weighted by atomic mass is 19.1. The minimum absolute atomic E-state index is 0.194. The number of hydrogen-bond acceptors (Lipinski definition) is 3. The molecule has 0 spiro atoms. The van der Waals surface area contributed by atoms with Crippen molar-refractivity contribution in [1.29, 1.82) is 0 Å². The maximum atomic E-state index is 13.7. The Labute approximate surface area is 152 Å². The Morgan fingerprint density at radius 2 is 2.08 bits per heavy atom. The van der Waals surface area contributed by atoms with Gasteiger partial charge in [-0.2, -0.15) is 0 Å². The second-order valence-electron chi connectivity index (χ2n) is 6.12. The molecule has 0 unspecified atom stereocenters. The Balaban J connectivity index is 1.87. The number of carbonyl (C=O) groups is 1. The molecule has 1 aromatic rings. The number of piperidine rings is 1.